The van der Waals surface area contributed by atoms with Gasteiger partial charge in [0.1, 0.15) is 11.6 Å². The number of hydrogen-bond acceptors (Lipinski definition) is 1. The molecule has 1 nitrogen and oxygen atoms in total. The van der Waals surface area contributed by atoms with Crippen LogP contribution in [0.4, 0.5) is 4.39 Å². The molecule has 0 amide bonds. The standard InChI is InChI=1S/C22H20FOP/c1-15(21(24)13-16-6-5-9-19(23)12-16)18-10-11-20(22(25)14-18)17-7-3-2-4-8-17/h2-12,14-15H,13,25H2,1H3/t15-/m1/s1. The van der Waals surface area contributed by atoms with Gasteiger partial charge in [0.25, 0.3) is 0 Å². The Morgan fingerprint density at radius 1 is 1.00 bits per heavy atom. The van der Waals surface area contributed by atoms with Gasteiger partial charge in [-0.15, -0.1) is 9.24 Å². The number of hydrogen-bond donors (Lipinski definition) is 0. The second-order valence-corrected chi connectivity index (χ2v) is 6.83. The van der Waals surface area contributed by atoms with Gasteiger partial charge in [-0.1, -0.05) is 67.6 Å². The van der Waals surface area contributed by atoms with Crippen molar-refractivity contribution in [3.63, 3.8) is 0 Å². The van der Waals surface area contributed by atoms with Crippen molar-refractivity contribution in [2.45, 2.75) is 19.3 Å². The third kappa shape index (κ3) is 4.21. The van der Waals surface area contributed by atoms with Gasteiger partial charge in [-0.25, -0.2) is 4.39 Å². The van der Waals surface area contributed by atoms with E-state index in [1.165, 1.54) is 12.1 Å². The second-order valence-electron chi connectivity index (χ2n) is 6.21. The first-order valence-corrected chi connectivity index (χ1v) is 8.84. The van der Waals surface area contributed by atoms with E-state index >= 15 is 0 Å². The summed E-state index contributed by atoms with van der Waals surface area (Å²) in [6.45, 7) is 1.91. The molecule has 0 heterocycles. The molecule has 0 aromatic heterocycles. The molecule has 0 saturated carbocycles. The molecule has 3 rings (SSSR count). The average Bonchev–Trinajstić information content (AvgIpc) is 2.61. The Morgan fingerprint density at radius 2 is 1.76 bits per heavy atom. The molecule has 0 aliphatic carbocycles. The van der Waals surface area contributed by atoms with Crippen LogP contribution in [0.1, 0.15) is 24.0 Å². The Hall–Kier alpha value is -2.31. The highest BCUT2D eigenvalue weighted by Crippen LogP contribution is 2.24. The van der Waals surface area contributed by atoms with Crippen LogP contribution in [0, 0.1) is 5.82 Å². The normalized spacial score (nSPS) is 12.0. The highest BCUT2D eigenvalue weighted by atomic mass is 31.0. The highest BCUT2D eigenvalue weighted by Gasteiger charge is 2.17. The molecule has 0 saturated heterocycles. The molecule has 126 valence electrons. The third-order valence-electron chi connectivity index (χ3n) is 4.41. The van der Waals surface area contributed by atoms with Crippen molar-refractivity contribution in [1.29, 1.82) is 0 Å². The predicted octanol–water partition coefficient (Wildman–Crippen LogP) is 4.91. The van der Waals surface area contributed by atoms with Crippen LogP contribution in [0.25, 0.3) is 11.1 Å². The van der Waals surface area contributed by atoms with E-state index in [0.717, 1.165) is 22.0 Å². The smallest absolute Gasteiger partial charge is 0.144 e. The molecule has 0 bridgehead atoms. The van der Waals surface area contributed by atoms with Crippen LogP contribution in [0.15, 0.2) is 72.8 Å². The lowest BCUT2D eigenvalue weighted by Crippen LogP contribution is -2.13. The number of carbonyl (C=O) groups excluding carboxylic acids is 1. The Morgan fingerprint density at radius 3 is 2.44 bits per heavy atom. The van der Waals surface area contributed by atoms with Crippen molar-refractivity contribution >= 4 is 20.3 Å². The zero-order chi connectivity index (χ0) is 17.8. The Kier molecular flexibility index (Phi) is 5.40. The molecule has 2 atom stereocenters. The van der Waals surface area contributed by atoms with E-state index in [9.17, 15) is 9.18 Å². The van der Waals surface area contributed by atoms with Crippen LogP contribution in [0.3, 0.4) is 0 Å². The van der Waals surface area contributed by atoms with Gasteiger partial charge in [0.05, 0.1) is 0 Å². The number of rotatable bonds is 5. The second kappa shape index (κ2) is 7.72. The van der Waals surface area contributed by atoms with E-state index in [1.54, 1.807) is 12.1 Å². The molecule has 0 aliphatic rings. The maximum absolute atomic E-state index is 13.3. The van der Waals surface area contributed by atoms with Crippen molar-refractivity contribution in [3.05, 3.63) is 89.7 Å². The first-order valence-electron chi connectivity index (χ1n) is 8.26. The minimum absolute atomic E-state index is 0.0856. The van der Waals surface area contributed by atoms with Gasteiger partial charge in [-0.2, -0.15) is 0 Å². The molecule has 0 spiro atoms. The number of carbonyl (C=O) groups is 1. The molecule has 1 unspecified atom stereocenters. The quantitative estimate of drug-likeness (QED) is 0.598. The van der Waals surface area contributed by atoms with Crippen LogP contribution in [0.2, 0.25) is 0 Å². The highest BCUT2D eigenvalue weighted by molar-refractivity contribution is 7.28. The number of halogens is 1. The minimum atomic E-state index is -0.308. The van der Waals surface area contributed by atoms with Crippen molar-refractivity contribution in [3.8, 4) is 11.1 Å². The molecule has 0 fully saturated rings. The topological polar surface area (TPSA) is 17.1 Å². The summed E-state index contributed by atoms with van der Waals surface area (Å²) in [6.07, 6.45) is 0.242. The van der Waals surface area contributed by atoms with Crippen LogP contribution in [-0.4, -0.2) is 5.78 Å². The predicted molar refractivity (Wildman–Crippen MR) is 105 cm³/mol. The summed E-state index contributed by atoms with van der Waals surface area (Å²) >= 11 is 0. The molecular formula is C22H20FOP. The largest absolute Gasteiger partial charge is 0.299 e. The zero-order valence-corrected chi connectivity index (χ0v) is 15.2. The summed E-state index contributed by atoms with van der Waals surface area (Å²) in [5, 5.41) is 1.06. The van der Waals surface area contributed by atoms with Gasteiger partial charge in [-0.05, 0) is 39.7 Å². The van der Waals surface area contributed by atoms with E-state index in [2.05, 4.69) is 27.4 Å². The van der Waals surface area contributed by atoms with Crippen LogP contribution >= 0.6 is 9.24 Å². The Labute approximate surface area is 150 Å². The van der Waals surface area contributed by atoms with Gasteiger partial charge < -0.3 is 0 Å². The van der Waals surface area contributed by atoms with E-state index in [1.807, 2.05) is 37.3 Å². The fraction of sp³-hybridized carbons (Fsp3) is 0.136. The summed E-state index contributed by atoms with van der Waals surface area (Å²) in [5.41, 5.74) is 3.98. The van der Waals surface area contributed by atoms with Gasteiger partial charge in [0.15, 0.2) is 0 Å². The van der Waals surface area contributed by atoms with Gasteiger partial charge in [-0.3, -0.25) is 4.79 Å². The monoisotopic (exact) mass is 350 g/mol. The number of benzene rings is 3. The zero-order valence-electron chi connectivity index (χ0n) is 14.1. The molecule has 3 aromatic carbocycles. The van der Waals surface area contributed by atoms with Crippen LogP contribution in [0.5, 0.6) is 0 Å². The molecular weight excluding hydrogens is 330 g/mol. The lowest BCUT2D eigenvalue weighted by molar-refractivity contribution is -0.119. The van der Waals surface area contributed by atoms with E-state index in [-0.39, 0.29) is 23.9 Å². The third-order valence-corrected chi connectivity index (χ3v) is 4.89. The van der Waals surface area contributed by atoms with E-state index in [0.29, 0.717) is 5.56 Å². The molecule has 3 aromatic rings. The summed E-state index contributed by atoms with van der Waals surface area (Å²) in [6, 6.07) is 22.5. The summed E-state index contributed by atoms with van der Waals surface area (Å²) in [4.78, 5) is 12.6. The van der Waals surface area contributed by atoms with Crippen molar-refractivity contribution in [2.24, 2.45) is 0 Å². The number of ketones is 1. The van der Waals surface area contributed by atoms with E-state index < -0.39 is 0 Å². The van der Waals surface area contributed by atoms with Gasteiger partial charge >= 0.3 is 0 Å². The summed E-state index contributed by atoms with van der Waals surface area (Å²) in [7, 11) is 2.75. The Balaban J connectivity index is 1.79. The van der Waals surface area contributed by atoms with Crippen molar-refractivity contribution < 1.29 is 9.18 Å². The maximum Gasteiger partial charge on any atom is 0.144 e. The molecule has 0 radical (unpaired) electrons. The van der Waals surface area contributed by atoms with Crippen LogP contribution in [-0.2, 0) is 11.2 Å². The van der Waals surface area contributed by atoms with Gasteiger partial charge in [0, 0.05) is 12.3 Å². The number of Topliss-reactive ketones (excluding diaryl/α,β-unsaturated/α-hetero) is 1. The van der Waals surface area contributed by atoms with Crippen molar-refractivity contribution in [1.82, 2.24) is 0 Å². The molecule has 0 N–H and O–H groups in total. The SMILES string of the molecule is C[C@@H](C(=O)Cc1cccc(F)c1)c1ccc(-c2ccccc2)c(P)c1. The lowest BCUT2D eigenvalue weighted by Gasteiger charge is -2.14. The Bertz CT molecular complexity index is 890. The fourth-order valence-corrected chi connectivity index (χ4v) is 3.37. The fourth-order valence-electron chi connectivity index (χ4n) is 2.92. The molecule has 0 aliphatic heterocycles. The molecule has 25 heavy (non-hydrogen) atoms. The van der Waals surface area contributed by atoms with Crippen LogP contribution < -0.4 is 5.30 Å². The average molecular weight is 350 g/mol. The van der Waals surface area contributed by atoms with Gasteiger partial charge in [0.2, 0.25) is 0 Å². The molecule has 3 heteroatoms. The summed E-state index contributed by atoms with van der Waals surface area (Å²) < 4.78 is 13.3. The lowest BCUT2D eigenvalue weighted by atomic mass is 9.91. The first-order chi connectivity index (χ1) is 12.0. The minimum Gasteiger partial charge on any atom is -0.299 e. The van der Waals surface area contributed by atoms with Crippen molar-refractivity contribution in [2.75, 3.05) is 0 Å². The maximum atomic E-state index is 13.3. The van der Waals surface area contributed by atoms with E-state index in [4.69, 9.17) is 0 Å². The summed E-state index contributed by atoms with van der Waals surface area (Å²) in [5.74, 6) is -0.452. The first kappa shape index (κ1) is 17.5.